The van der Waals surface area contributed by atoms with Crippen LogP contribution in [0.2, 0.25) is 0 Å². The van der Waals surface area contributed by atoms with Gasteiger partial charge in [0.05, 0.1) is 6.10 Å². The molecule has 3 nitrogen and oxygen atoms in total. The van der Waals surface area contributed by atoms with E-state index in [2.05, 4.69) is 54.3 Å². The van der Waals surface area contributed by atoms with E-state index in [1.807, 2.05) is 0 Å². The molecule has 1 N–H and O–H groups in total. The molecule has 0 aliphatic carbocycles. The Kier molecular flexibility index (Phi) is 3.58. The molecule has 0 saturated carbocycles. The van der Waals surface area contributed by atoms with Gasteiger partial charge in [0.15, 0.2) is 0 Å². The van der Waals surface area contributed by atoms with Gasteiger partial charge in [-0.2, -0.15) is 0 Å². The maximum atomic E-state index is 5.60. The Hall–Kier alpha value is -1.32. The molecule has 1 aromatic carbocycles. The number of aromatic nitrogens is 1. The van der Waals surface area contributed by atoms with E-state index in [1.165, 1.54) is 22.9 Å². The van der Waals surface area contributed by atoms with Crippen molar-refractivity contribution >= 4 is 10.9 Å². The monoisotopic (exact) mass is 258 g/mol. The summed E-state index contributed by atoms with van der Waals surface area (Å²) in [6, 6.07) is 8.58. The smallest absolute Gasteiger partial charge is 0.0588 e. The summed E-state index contributed by atoms with van der Waals surface area (Å²) in [5.41, 5.74) is 2.68. The quantitative estimate of drug-likeness (QED) is 0.912. The van der Waals surface area contributed by atoms with Gasteiger partial charge in [0.1, 0.15) is 0 Å². The molecule has 1 aliphatic heterocycles. The van der Waals surface area contributed by atoms with E-state index < -0.39 is 0 Å². The lowest BCUT2D eigenvalue weighted by molar-refractivity contribution is 0.105. The van der Waals surface area contributed by atoms with E-state index in [-0.39, 0.29) is 0 Å². The van der Waals surface area contributed by atoms with Crippen molar-refractivity contribution in [2.24, 2.45) is 13.0 Å². The second-order valence-corrected chi connectivity index (χ2v) is 5.54. The highest BCUT2D eigenvalue weighted by Crippen LogP contribution is 2.21. The lowest BCUT2D eigenvalue weighted by Gasteiger charge is -2.14. The van der Waals surface area contributed by atoms with Gasteiger partial charge in [0, 0.05) is 43.8 Å². The molecule has 0 amide bonds. The summed E-state index contributed by atoms with van der Waals surface area (Å²) in [7, 11) is 2.11. The van der Waals surface area contributed by atoms with Crippen molar-refractivity contribution in [1.29, 1.82) is 0 Å². The first kappa shape index (κ1) is 12.7. The SMILES string of the molecule is CC1OCCC1CNCc1cn(C)c2ccccc12. The van der Waals surface area contributed by atoms with Crippen molar-refractivity contribution in [3.8, 4) is 0 Å². The average molecular weight is 258 g/mol. The predicted molar refractivity (Wildman–Crippen MR) is 78.1 cm³/mol. The summed E-state index contributed by atoms with van der Waals surface area (Å²) in [6.45, 7) is 5.08. The minimum Gasteiger partial charge on any atom is -0.378 e. The van der Waals surface area contributed by atoms with Gasteiger partial charge in [0.25, 0.3) is 0 Å². The predicted octanol–water partition coefficient (Wildman–Crippen LogP) is 2.69. The molecule has 0 spiro atoms. The van der Waals surface area contributed by atoms with Crippen LogP contribution in [-0.4, -0.2) is 23.8 Å². The zero-order chi connectivity index (χ0) is 13.2. The van der Waals surface area contributed by atoms with E-state index >= 15 is 0 Å². The molecular formula is C16H22N2O. The van der Waals surface area contributed by atoms with Crippen LogP contribution in [0.25, 0.3) is 10.9 Å². The van der Waals surface area contributed by atoms with Gasteiger partial charge < -0.3 is 14.6 Å². The number of ether oxygens (including phenoxy) is 1. The molecule has 1 aliphatic rings. The second-order valence-electron chi connectivity index (χ2n) is 5.54. The molecule has 2 atom stereocenters. The van der Waals surface area contributed by atoms with Gasteiger partial charge in [-0.25, -0.2) is 0 Å². The lowest BCUT2D eigenvalue weighted by atomic mass is 10.0. The zero-order valence-electron chi connectivity index (χ0n) is 11.7. The third-order valence-corrected chi connectivity index (χ3v) is 4.23. The zero-order valence-corrected chi connectivity index (χ0v) is 11.7. The highest BCUT2D eigenvalue weighted by Gasteiger charge is 2.23. The number of nitrogens with zero attached hydrogens (tertiary/aromatic N) is 1. The first-order valence-corrected chi connectivity index (χ1v) is 7.11. The largest absolute Gasteiger partial charge is 0.378 e. The fraction of sp³-hybridized carbons (Fsp3) is 0.500. The molecule has 2 aromatic rings. The van der Waals surface area contributed by atoms with Crippen molar-refractivity contribution < 1.29 is 4.74 Å². The minimum absolute atomic E-state index is 0.403. The average Bonchev–Trinajstić information content (AvgIpc) is 2.96. The molecule has 3 heteroatoms. The number of nitrogens with one attached hydrogen (secondary N) is 1. The van der Waals surface area contributed by atoms with Crippen molar-refractivity contribution in [3.05, 3.63) is 36.0 Å². The molecule has 1 fully saturated rings. The Morgan fingerprint density at radius 2 is 2.21 bits per heavy atom. The molecule has 19 heavy (non-hydrogen) atoms. The van der Waals surface area contributed by atoms with Crippen LogP contribution in [0.3, 0.4) is 0 Å². The highest BCUT2D eigenvalue weighted by atomic mass is 16.5. The van der Waals surface area contributed by atoms with Gasteiger partial charge in [-0.05, 0) is 30.9 Å². The summed E-state index contributed by atoms with van der Waals surface area (Å²) in [5, 5.41) is 4.94. The Balaban J connectivity index is 1.65. The maximum Gasteiger partial charge on any atom is 0.0588 e. The number of para-hydroxylation sites is 1. The maximum absolute atomic E-state index is 5.60. The van der Waals surface area contributed by atoms with Crippen molar-refractivity contribution in [1.82, 2.24) is 9.88 Å². The number of fused-ring (bicyclic) bond motifs is 1. The van der Waals surface area contributed by atoms with Crippen molar-refractivity contribution in [2.75, 3.05) is 13.2 Å². The molecule has 2 heterocycles. The van der Waals surface area contributed by atoms with E-state index in [9.17, 15) is 0 Å². The normalized spacial score (nSPS) is 23.3. The second kappa shape index (κ2) is 5.35. The van der Waals surface area contributed by atoms with Gasteiger partial charge >= 0.3 is 0 Å². The van der Waals surface area contributed by atoms with Crippen LogP contribution in [0.1, 0.15) is 18.9 Å². The van der Waals surface area contributed by atoms with E-state index in [4.69, 9.17) is 4.74 Å². The summed E-state index contributed by atoms with van der Waals surface area (Å²) in [6.07, 6.45) is 3.82. The highest BCUT2D eigenvalue weighted by molar-refractivity contribution is 5.83. The van der Waals surface area contributed by atoms with Crippen LogP contribution in [0.4, 0.5) is 0 Å². The molecule has 2 unspecified atom stereocenters. The van der Waals surface area contributed by atoms with Crippen molar-refractivity contribution in [3.63, 3.8) is 0 Å². The number of aryl methyl sites for hydroxylation is 1. The third kappa shape index (κ3) is 2.53. The fourth-order valence-corrected chi connectivity index (χ4v) is 3.00. The van der Waals surface area contributed by atoms with Gasteiger partial charge in [-0.3, -0.25) is 0 Å². The van der Waals surface area contributed by atoms with E-state index in [1.54, 1.807) is 0 Å². The first-order valence-electron chi connectivity index (χ1n) is 7.11. The number of benzene rings is 1. The van der Waals surface area contributed by atoms with Crippen LogP contribution in [0.5, 0.6) is 0 Å². The Bertz CT molecular complexity index is 561. The topological polar surface area (TPSA) is 26.2 Å². The van der Waals surface area contributed by atoms with Crippen LogP contribution < -0.4 is 5.32 Å². The molecule has 1 saturated heterocycles. The summed E-state index contributed by atoms with van der Waals surface area (Å²) in [5.74, 6) is 0.662. The summed E-state index contributed by atoms with van der Waals surface area (Å²) < 4.78 is 7.80. The number of hydrogen-bond acceptors (Lipinski definition) is 2. The van der Waals surface area contributed by atoms with Crippen LogP contribution in [-0.2, 0) is 18.3 Å². The Morgan fingerprint density at radius 1 is 1.37 bits per heavy atom. The molecule has 1 aromatic heterocycles. The minimum atomic E-state index is 0.403. The Morgan fingerprint density at radius 3 is 3.00 bits per heavy atom. The standard InChI is InChI=1S/C16H22N2O/c1-12-13(7-8-19-12)9-17-10-14-11-18(2)16-6-4-3-5-15(14)16/h3-6,11-13,17H,7-10H2,1-2H3. The lowest BCUT2D eigenvalue weighted by Crippen LogP contribution is -2.26. The van der Waals surface area contributed by atoms with Crippen LogP contribution >= 0.6 is 0 Å². The summed E-state index contributed by atoms with van der Waals surface area (Å²) in [4.78, 5) is 0. The van der Waals surface area contributed by atoms with E-state index in [0.717, 1.165) is 19.7 Å². The molecule has 3 rings (SSSR count). The van der Waals surface area contributed by atoms with Crippen LogP contribution in [0.15, 0.2) is 30.5 Å². The molecule has 0 radical (unpaired) electrons. The molecular weight excluding hydrogens is 236 g/mol. The Labute approximate surface area is 114 Å². The van der Waals surface area contributed by atoms with Gasteiger partial charge in [-0.15, -0.1) is 0 Å². The third-order valence-electron chi connectivity index (χ3n) is 4.23. The number of rotatable bonds is 4. The van der Waals surface area contributed by atoms with Crippen molar-refractivity contribution in [2.45, 2.75) is 26.0 Å². The van der Waals surface area contributed by atoms with Gasteiger partial charge in [-0.1, -0.05) is 18.2 Å². The van der Waals surface area contributed by atoms with Gasteiger partial charge in [0.2, 0.25) is 0 Å². The fourth-order valence-electron chi connectivity index (χ4n) is 3.00. The molecule has 102 valence electrons. The number of hydrogen-bond donors (Lipinski definition) is 1. The summed E-state index contributed by atoms with van der Waals surface area (Å²) >= 11 is 0. The van der Waals surface area contributed by atoms with E-state index in [0.29, 0.717) is 12.0 Å². The first-order chi connectivity index (χ1) is 9.25. The van der Waals surface area contributed by atoms with Crippen LogP contribution in [0, 0.1) is 5.92 Å². The molecule has 0 bridgehead atoms.